The third kappa shape index (κ3) is 5.91. The van der Waals surface area contributed by atoms with Crippen molar-refractivity contribution in [1.29, 1.82) is 0 Å². The van der Waals surface area contributed by atoms with Crippen LogP contribution in [-0.4, -0.2) is 26.3 Å². The fourth-order valence-corrected chi connectivity index (χ4v) is 4.53. The molecule has 0 aliphatic rings. The highest BCUT2D eigenvalue weighted by Crippen LogP contribution is 2.26. The first-order valence-electron chi connectivity index (χ1n) is 9.82. The number of ether oxygens (including phenoxy) is 1. The van der Waals surface area contributed by atoms with E-state index in [0.717, 1.165) is 21.7 Å². The SMILES string of the molecule is C#C/C=C(C)\C=C/COc1ccc(S(=O)(=O)c2ccc(-c3ccc(SC)nc3)cc2)cc1. The molecule has 0 atom stereocenters. The van der Waals surface area contributed by atoms with Gasteiger partial charge in [-0.1, -0.05) is 30.2 Å². The summed E-state index contributed by atoms with van der Waals surface area (Å²) in [6.07, 6.45) is 14.4. The van der Waals surface area contributed by atoms with Crippen LogP contribution in [0, 0.1) is 12.3 Å². The highest BCUT2D eigenvalue weighted by molar-refractivity contribution is 7.98. The van der Waals surface area contributed by atoms with Crippen molar-refractivity contribution in [3.63, 3.8) is 0 Å². The van der Waals surface area contributed by atoms with E-state index < -0.39 is 9.84 Å². The molecule has 3 rings (SSSR count). The van der Waals surface area contributed by atoms with Crippen LogP contribution in [0.4, 0.5) is 0 Å². The Morgan fingerprint density at radius 3 is 2.22 bits per heavy atom. The molecule has 1 heterocycles. The number of hydrogen-bond acceptors (Lipinski definition) is 5. The molecule has 0 radical (unpaired) electrons. The maximum atomic E-state index is 13.0. The molecule has 4 nitrogen and oxygen atoms in total. The average molecular weight is 462 g/mol. The van der Waals surface area contributed by atoms with E-state index in [-0.39, 0.29) is 9.79 Å². The van der Waals surface area contributed by atoms with Gasteiger partial charge in [0, 0.05) is 11.8 Å². The molecule has 162 valence electrons. The fourth-order valence-electron chi connectivity index (χ4n) is 2.91. The van der Waals surface area contributed by atoms with Gasteiger partial charge in [-0.2, -0.15) is 0 Å². The topological polar surface area (TPSA) is 56.3 Å². The third-order valence-corrected chi connectivity index (χ3v) is 7.06. The number of nitrogens with zero attached hydrogens (tertiary/aromatic N) is 1. The summed E-state index contributed by atoms with van der Waals surface area (Å²) in [7, 11) is -3.62. The molecule has 3 aromatic rings. The van der Waals surface area contributed by atoms with Crippen LogP contribution in [0.3, 0.4) is 0 Å². The first-order chi connectivity index (χ1) is 15.4. The molecule has 0 spiro atoms. The van der Waals surface area contributed by atoms with Crippen LogP contribution < -0.4 is 4.74 Å². The minimum Gasteiger partial charge on any atom is -0.490 e. The van der Waals surface area contributed by atoms with Gasteiger partial charge in [-0.3, -0.25) is 0 Å². The molecule has 0 bridgehead atoms. The number of aromatic nitrogens is 1. The zero-order chi connectivity index (χ0) is 23.0. The largest absolute Gasteiger partial charge is 0.490 e. The minimum atomic E-state index is -3.62. The Bertz CT molecular complexity index is 1250. The molecule has 6 heteroatoms. The van der Waals surface area contributed by atoms with Crippen molar-refractivity contribution in [2.45, 2.75) is 21.7 Å². The van der Waals surface area contributed by atoms with Crippen LogP contribution in [0.1, 0.15) is 6.92 Å². The van der Waals surface area contributed by atoms with Gasteiger partial charge >= 0.3 is 0 Å². The number of sulfone groups is 1. The molecule has 0 aliphatic heterocycles. The number of benzene rings is 2. The molecule has 0 amide bonds. The van der Waals surface area contributed by atoms with Gasteiger partial charge in [0.2, 0.25) is 9.84 Å². The smallest absolute Gasteiger partial charge is 0.206 e. The summed E-state index contributed by atoms with van der Waals surface area (Å²) in [6, 6.07) is 17.2. The molecule has 0 fully saturated rings. The number of rotatable bonds is 8. The highest BCUT2D eigenvalue weighted by atomic mass is 32.2. The van der Waals surface area contributed by atoms with E-state index in [0.29, 0.717) is 12.4 Å². The van der Waals surface area contributed by atoms with E-state index in [1.54, 1.807) is 72.6 Å². The summed E-state index contributed by atoms with van der Waals surface area (Å²) < 4.78 is 31.6. The lowest BCUT2D eigenvalue weighted by Gasteiger charge is -2.08. The Kier molecular flexibility index (Phi) is 7.93. The van der Waals surface area contributed by atoms with Gasteiger partial charge in [0.25, 0.3) is 0 Å². The molecule has 32 heavy (non-hydrogen) atoms. The first-order valence-corrected chi connectivity index (χ1v) is 12.5. The number of terminal acetylenes is 1. The second kappa shape index (κ2) is 10.9. The van der Waals surface area contributed by atoms with Crippen LogP contribution >= 0.6 is 11.8 Å². The summed E-state index contributed by atoms with van der Waals surface area (Å²) in [6.45, 7) is 2.26. The van der Waals surface area contributed by atoms with Crippen LogP contribution in [0.15, 0.2) is 105 Å². The molecule has 2 aromatic carbocycles. The van der Waals surface area contributed by atoms with Crippen molar-refractivity contribution in [3.05, 3.63) is 90.7 Å². The molecule has 0 unspecified atom stereocenters. The Labute approximate surface area is 194 Å². The van der Waals surface area contributed by atoms with Gasteiger partial charge in [-0.25, -0.2) is 13.4 Å². The molecule has 0 N–H and O–H groups in total. The Hall–Kier alpha value is -3.27. The second-order valence-corrected chi connectivity index (χ2v) is 9.63. The van der Waals surface area contributed by atoms with E-state index in [2.05, 4.69) is 10.9 Å². The number of hydrogen-bond donors (Lipinski definition) is 0. The van der Waals surface area contributed by atoms with Crippen molar-refractivity contribution < 1.29 is 13.2 Å². The van der Waals surface area contributed by atoms with Crippen molar-refractivity contribution in [2.75, 3.05) is 12.9 Å². The molecule has 1 aromatic heterocycles. The lowest BCUT2D eigenvalue weighted by atomic mass is 10.1. The quantitative estimate of drug-likeness (QED) is 0.240. The first kappa shape index (κ1) is 23.4. The van der Waals surface area contributed by atoms with Crippen molar-refractivity contribution in [2.24, 2.45) is 0 Å². The van der Waals surface area contributed by atoms with E-state index >= 15 is 0 Å². The minimum absolute atomic E-state index is 0.215. The summed E-state index contributed by atoms with van der Waals surface area (Å²) in [5.74, 6) is 3.05. The zero-order valence-electron chi connectivity index (χ0n) is 17.9. The lowest BCUT2D eigenvalue weighted by Crippen LogP contribution is -2.02. The maximum Gasteiger partial charge on any atom is 0.206 e. The van der Waals surface area contributed by atoms with Crippen LogP contribution in [-0.2, 0) is 9.84 Å². The molecule has 0 saturated heterocycles. The summed E-state index contributed by atoms with van der Waals surface area (Å²) in [4.78, 5) is 4.82. The predicted molar refractivity (Wildman–Crippen MR) is 131 cm³/mol. The van der Waals surface area contributed by atoms with E-state index in [9.17, 15) is 8.42 Å². The summed E-state index contributed by atoms with van der Waals surface area (Å²) in [5.41, 5.74) is 2.80. The third-order valence-electron chi connectivity index (χ3n) is 4.62. The van der Waals surface area contributed by atoms with Gasteiger partial charge in [-0.05, 0) is 78.9 Å². The maximum absolute atomic E-state index is 13.0. The predicted octanol–water partition coefficient (Wildman–Crippen LogP) is 5.82. The Balaban J connectivity index is 1.69. The standard InChI is InChI=1S/C26H23NO3S2/c1-4-6-20(2)7-5-18-30-23-11-15-25(16-12-23)32(28,29)24-13-8-21(9-14-24)22-10-17-26(31-3)27-19-22/h1,5-17,19H,18H2,2-3H3/b7-5-,20-6-. The highest BCUT2D eigenvalue weighted by Gasteiger charge is 2.17. The van der Waals surface area contributed by atoms with Gasteiger partial charge in [-0.15, -0.1) is 18.2 Å². The average Bonchev–Trinajstić information content (AvgIpc) is 2.82. The van der Waals surface area contributed by atoms with Crippen molar-refractivity contribution in [3.8, 4) is 29.2 Å². The number of allylic oxidation sites excluding steroid dienone is 3. The number of pyridine rings is 1. The summed E-state index contributed by atoms with van der Waals surface area (Å²) >= 11 is 1.57. The Morgan fingerprint density at radius 1 is 1.03 bits per heavy atom. The zero-order valence-corrected chi connectivity index (χ0v) is 19.5. The van der Waals surface area contributed by atoms with Crippen LogP contribution in [0.2, 0.25) is 0 Å². The van der Waals surface area contributed by atoms with Gasteiger partial charge in [0.05, 0.1) is 14.8 Å². The van der Waals surface area contributed by atoms with Gasteiger partial charge in [0.15, 0.2) is 0 Å². The van der Waals surface area contributed by atoms with Gasteiger partial charge < -0.3 is 4.74 Å². The normalized spacial score (nSPS) is 12.0. The van der Waals surface area contributed by atoms with Crippen LogP contribution in [0.5, 0.6) is 5.75 Å². The van der Waals surface area contributed by atoms with E-state index in [4.69, 9.17) is 11.2 Å². The Morgan fingerprint density at radius 2 is 1.66 bits per heavy atom. The van der Waals surface area contributed by atoms with E-state index in [1.807, 2.05) is 37.5 Å². The van der Waals surface area contributed by atoms with Crippen molar-refractivity contribution in [1.82, 2.24) is 4.98 Å². The molecular formula is C26H23NO3S2. The summed E-state index contributed by atoms with van der Waals surface area (Å²) in [5, 5.41) is 0.937. The second-order valence-electron chi connectivity index (χ2n) is 6.86. The number of thioether (sulfide) groups is 1. The van der Waals surface area contributed by atoms with Crippen molar-refractivity contribution >= 4 is 21.6 Å². The van der Waals surface area contributed by atoms with Crippen LogP contribution in [0.25, 0.3) is 11.1 Å². The molecule has 0 aliphatic carbocycles. The van der Waals surface area contributed by atoms with Gasteiger partial charge in [0.1, 0.15) is 12.4 Å². The fraction of sp³-hybridized carbons (Fsp3) is 0.115. The molecule has 0 saturated carbocycles. The van der Waals surface area contributed by atoms with E-state index in [1.165, 1.54) is 0 Å². The lowest BCUT2D eigenvalue weighted by molar-refractivity contribution is 0.362. The molecular weight excluding hydrogens is 438 g/mol. The monoisotopic (exact) mass is 461 g/mol.